The molecule has 1 aromatic rings. The fourth-order valence-electron chi connectivity index (χ4n) is 2.13. The number of carboxylic acids is 1. The summed E-state index contributed by atoms with van der Waals surface area (Å²) in [6.45, 7) is 5.32. The lowest BCUT2D eigenvalue weighted by atomic mass is 9.98. The number of benzene rings is 1. The van der Waals surface area contributed by atoms with E-state index in [0.717, 1.165) is 17.7 Å². The predicted molar refractivity (Wildman–Crippen MR) is 81.5 cm³/mol. The summed E-state index contributed by atoms with van der Waals surface area (Å²) in [5.41, 5.74) is 0.759. The molecule has 118 valence electrons. The SMILES string of the molecule is CCCOc1ccc(C(O)C(CCC(=O)O)NCC)cc1. The van der Waals surface area contributed by atoms with Crippen LogP contribution in [0.4, 0.5) is 0 Å². The van der Waals surface area contributed by atoms with Crippen LogP contribution < -0.4 is 10.1 Å². The van der Waals surface area contributed by atoms with Gasteiger partial charge >= 0.3 is 5.97 Å². The first kappa shape index (κ1) is 17.5. The van der Waals surface area contributed by atoms with Crippen LogP contribution in [-0.2, 0) is 4.79 Å². The van der Waals surface area contributed by atoms with Crippen LogP contribution in [0.15, 0.2) is 24.3 Å². The first-order valence-electron chi connectivity index (χ1n) is 7.44. The first-order valence-corrected chi connectivity index (χ1v) is 7.44. The van der Waals surface area contributed by atoms with Crippen molar-refractivity contribution in [3.8, 4) is 5.75 Å². The molecule has 0 spiro atoms. The highest BCUT2D eigenvalue weighted by atomic mass is 16.5. The summed E-state index contributed by atoms with van der Waals surface area (Å²) >= 11 is 0. The van der Waals surface area contributed by atoms with Gasteiger partial charge in [-0.2, -0.15) is 0 Å². The molecule has 5 nitrogen and oxygen atoms in total. The van der Waals surface area contributed by atoms with Crippen molar-refractivity contribution in [3.05, 3.63) is 29.8 Å². The average Bonchev–Trinajstić information content (AvgIpc) is 2.49. The maximum atomic E-state index is 10.7. The number of nitrogens with one attached hydrogen (secondary N) is 1. The first-order chi connectivity index (χ1) is 10.1. The van der Waals surface area contributed by atoms with Gasteiger partial charge in [-0.3, -0.25) is 4.79 Å². The fourth-order valence-corrected chi connectivity index (χ4v) is 2.13. The van der Waals surface area contributed by atoms with E-state index >= 15 is 0 Å². The van der Waals surface area contributed by atoms with Crippen LogP contribution >= 0.6 is 0 Å². The minimum Gasteiger partial charge on any atom is -0.494 e. The number of carboxylic acid groups (broad SMARTS) is 1. The molecule has 2 unspecified atom stereocenters. The Kier molecular flexibility index (Phi) is 7.79. The Morgan fingerprint density at radius 3 is 2.48 bits per heavy atom. The van der Waals surface area contributed by atoms with Crippen molar-refractivity contribution in [3.63, 3.8) is 0 Å². The lowest BCUT2D eigenvalue weighted by Crippen LogP contribution is -2.35. The Hall–Kier alpha value is -1.59. The van der Waals surface area contributed by atoms with Gasteiger partial charge < -0.3 is 20.3 Å². The van der Waals surface area contributed by atoms with Crippen molar-refractivity contribution in [1.29, 1.82) is 0 Å². The number of hydrogen-bond acceptors (Lipinski definition) is 4. The molecule has 0 aromatic heterocycles. The summed E-state index contributed by atoms with van der Waals surface area (Å²) < 4.78 is 5.50. The predicted octanol–water partition coefficient (Wildman–Crippen LogP) is 2.35. The van der Waals surface area contributed by atoms with Crippen LogP contribution in [-0.4, -0.2) is 35.4 Å². The van der Waals surface area contributed by atoms with Crippen molar-refractivity contribution < 1.29 is 19.7 Å². The molecular weight excluding hydrogens is 270 g/mol. The second-order valence-electron chi connectivity index (χ2n) is 4.96. The molecule has 0 saturated heterocycles. The highest BCUT2D eigenvalue weighted by Gasteiger charge is 2.20. The molecule has 0 aliphatic heterocycles. The third-order valence-corrected chi connectivity index (χ3v) is 3.21. The molecule has 0 fully saturated rings. The van der Waals surface area contributed by atoms with E-state index in [2.05, 4.69) is 5.32 Å². The number of rotatable bonds is 10. The Morgan fingerprint density at radius 2 is 1.95 bits per heavy atom. The van der Waals surface area contributed by atoms with Crippen LogP contribution in [0.1, 0.15) is 44.8 Å². The maximum absolute atomic E-state index is 10.7. The van der Waals surface area contributed by atoms with Crippen LogP contribution in [0.25, 0.3) is 0 Å². The number of aliphatic hydroxyl groups excluding tert-OH is 1. The monoisotopic (exact) mass is 295 g/mol. The number of aliphatic carboxylic acids is 1. The van der Waals surface area contributed by atoms with Gasteiger partial charge in [-0.25, -0.2) is 0 Å². The van der Waals surface area contributed by atoms with Gasteiger partial charge in [0.15, 0.2) is 0 Å². The summed E-state index contributed by atoms with van der Waals surface area (Å²) in [6, 6.07) is 7.03. The fraction of sp³-hybridized carbons (Fsp3) is 0.562. The normalized spacial score (nSPS) is 13.7. The highest BCUT2D eigenvalue weighted by Crippen LogP contribution is 2.22. The summed E-state index contributed by atoms with van der Waals surface area (Å²) in [4.78, 5) is 10.7. The average molecular weight is 295 g/mol. The van der Waals surface area contributed by atoms with E-state index in [-0.39, 0.29) is 12.5 Å². The van der Waals surface area contributed by atoms with Crippen LogP contribution in [0.2, 0.25) is 0 Å². The Balaban J connectivity index is 2.68. The third-order valence-electron chi connectivity index (χ3n) is 3.21. The molecule has 0 aliphatic rings. The van der Waals surface area contributed by atoms with Crippen molar-refractivity contribution >= 4 is 5.97 Å². The van der Waals surface area contributed by atoms with Crippen LogP contribution in [0.3, 0.4) is 0 Å². The standard InChI is InChI=1S/C16H25NO4/c1-3-11-21-13-7-5-12(6-8-13)16(20)14(17-4-2)9-10-15(18)19/h5-8,14,16-17,20H,3-4,9-11H2,1-2H3,(H,18,19). The largest absolute Gasteiger partial charge is 0.494 e. The lowest BCUT2D eigenvalue weighted by molar-refractivity contribution is -0.137. The van der Waals surface area contributed by atoms with E-state index < -0.39 is 12.1 Å². The Labute approximate surface area is 125 Å². The van der Waals surface area contributed by atoms with E-state index in [1.807, 2.05) is 38.1 Å². The number of hydrogen-bond donors (Lipinski definition) is 3. The van der Waals surface area contributed by atoms with E-state index in [4.69, 9.17) is 9.84 Å². The number of carbonyl (C=O) groups is 1. The molecule has 0 amide bonds. The molecule has 0 radical (unpaired) electrons. The summed E-state index contributed by atoms with van der Waals surface area (Å²) in [5, 5.41) is 22.3. The molecule has 0 aliphatic carbocycles. The van der Waals surface area contributed by atoms with E-state index in [0.29, 0.717) is 19.6 Å². The smallest absolute Gasteiger partial charge is 0.303 e. The number of ether oxygens (including phenoxy) is 1. The number of likely N-dealkylation sites (N-methyl/N-ethyl adjacent to an activating group) is 1. The van der Waals surface area contributed by atoms with Crippen LogP contribution in [0, 0.1) is 0 Å². The van der Waals surface area contributed by atoms with Crippen molar-refractivity contribution in [2.75, 3.05) is 13.2 Å². The van der Waals surface area contributed by atoms with Gasteiger partial charge in [0, 0.05) is 12.5 Å². The second-order valence-corrected chi connectivity index (χ2v) is 4.96. The molecule has 0 saturated carbocycles. The van der Waals surface area contributed by atoms with Crippen molar-refractivity contribution in [2.45, 2.75) is 45.3 Å². The van der Waals surface area contributed by atoms with Crippen molar-refractivity contribution in [2.24, 2.45) is 0 Å². The quantitative estimate of drug-likeness (QED) is 0.617. The molecule has 0 bridgehead atoms. The molecular formula is C16H25NO4. The van der Waals surface area contributed by atoms with Crippen molar-refractivity contribution in [1.82, 2.24) is 5.32 Å². The highest BCUT2D eigenvalue weighted by molar-refractivity contribution is 5.66. The Bertz CT molecular complexity index is 419. The van der Waals surface area contributed by atoms with Gasteiger partial charge in [-0.1, -0.05) is 26.0 Å². The molecule has 0 heterocycles. The molecule has 2 atom stereocenters. The zero-order valence-corrected chi connectivity index (χ0v) is 12.7. The summed E-state index contributed by atoms with van der Waals surface area (Å²) in [6.07, 6.45) is 0.636. The topological polar surface area (TPSA) is 78.8 Å². The minimum atomic E-state index is -0.853. The zero-order chi connectivity index (χ0) is 15.7. The summed E-state index contributed by atoms with van der Waals surface area (Å²) in [7, 11) is 0. The third kappa shape index (κ3) is 6.14. The second kappa shape index (κ2) is 9.37. The van der Waals surface area contributed by atoms with Crippen LogP contribution in [0.5, 0.6) is 5.75 Å². The van der Waals surface area contributed by atoms with E-state index in [9.17, 15) is 9.90 Å². The molecule has 3 N–H and O–H groups in total. The molecule has 5 heteroatoms. The van der Waals surface area contributed by atoms with E-state index in [1.54, 1.807) is 0 Å². The maximum Gasteiger partial charge on any atom is 0.303 e. The minimum absolute atomic E-state index is 0.0341. The lowest BCUT2D eigenvalue weighted by Gasteiger charge is -2.23. The molecule has 21 heavy (non-hydrogen) atoms. The van der Waals surface area contributed by atoms with Gasteiger partial charge in [0.25, 0.3) is 0 Å². The van der Waals surface area contributed by atoms with E-state index in [1.165, 1.54) is 0 Å². The van der Waals surface area contributed by atoms with Gasteiger partial charge in [0.05, 0.1) is 12.7 Å². The van der Waals surface area contributed by atoms with Gasteiger partial charge in [0.1, 0.15) is 5.75 Å². The van der Waals surface area contributed by atoms with Gasteiger partial charge in [-0.05, 0) is 37.1 Å². The summed E-state index contributed by atoms with van der Waals surface area (Å²) in [5.74, 6) is -0.0771. The molecule has 1 aromatic carbocycles. The number of aliphatic hydroxyl groups is 1. The van der Waals surface area contributed by atoms with Gasteiger partial charge in [0.2, 0.25) is 0 Å². The zero-order valence-electron chi connectivity index (χ0n) is 12.7. The Morgan fingerprint density at radius 1 is 1.29 bits per heavy atom. The van der Waals surface area contributed by atoms with Gasteiger partial charge in [-0.15, -0.1) is 0 Å². The molecule has 1 rings (SSSR count).